The average Bonchev–Trinajstić information content (AvgIpc) is 2.70. The largest absolute Gasteiger partial charge is 0.353 e. The highest BCUT2D eigenvalue weighted by Crippen LogP contribution is 2.05. The molecule has 0 aliphatic rings. The molecule has 2 rings (SSSR count). The van der Waals surface area contributed by atoms with Gasteiger partial charge in [0.25, 0.3) is 0 Å². The van der Waals surface area contributed by atoms with E-state index in [2.05, 4.69) is 17.2 Å². The first-order valence-corrected chi connectivity index (χ1v) is 5.91. The maximum absolute atomic E-state index is 11.7. The van der Waals surface area contributed by atoms with Crippen molar-refractivity contribution in [1.29, 1.82) is 0 Å². The molecule has 0 aliphatic carbocycles. The highest BCUT2D eigenvalue weighted by Gasteiger charge is 2.09. The van der Waals surface area contributed by atoms with Crippen LogP contribution in [-0.2, 0) is 11.2 Å². The molecule has 0 saturated heterocycles. The van der Waals surface area contributed by atoms with Gasteiger partial charge >= 0.3 is 0 Å². The number of imidazole rings is 1. The molecule has 90 valence electrons. The van der Waals surface area contributed by atoms with Gasteiger partial charge in [0.15, 0.2) is 0 Å². The average molecular weight is 231 g/mol. The molecule has 0 radical (unpaired) electrons. The smallest absolute Gasteiger partial charge is 0.226 e. The SMILES string of the molecule is CC[C@@H](C)NC(=O)Cc1cn2ccccc2n1. The van der Waals surface area contributed by atoms with Gasteiger partial charge in [0.1, 0.15) is 5.65 Å². The Morgan fingerprint density at radius 3 is 3.06 bits per heavy atom. The number of hydrogen-bond donors (Lipinski definition) is 1. The van der Waals surface area contributed by atoms with Crippen LogP contribution in [0.2, 0.25) is 0 Å². The number of nitrogens with one attached hydrogen (secondary N) is 1. The van der Waals surface area contributed by atoms with Gasteiger partial charge in [-0.05, 0) is 25.5 Å². The summed E-state index contributed by atoms with van der Waals surface area (Å²) in [6.07, 6.45) is 5.10. The van der Waals surface area contributed by atoms with Gasteiger partial charge in [0.05, 0.1) is 12.1 Å². The fourth-order valence-corrected chi connectivity index (χ4v) is 1.66. The third kappa shape index (κ3) is 2.84. The van der Waals surface area contributed by atoms with Crippen LogP contribution in [0.15, 0.2) is 30.6 Å². The summed E-state index contributed by atoms with van der Waals surface area (Å²) in [6, 6.07) is 6.03. The van der Waals surface area contributed by atoms with Gasteiger partial charge in [-0.25, -0.2) is 4.98 Å². The lowest BCUT2D eigenvalue weighted by Gasteiger charge is -2.09. The van der Waals surface area contributed by atoms with Crippen molar-refractivity contribution in [2.45, 2.75) is 32.7 Å². The third-order valence-corrected chi connectivity index (χ3v) is 2.78. The molecule has 1 atom stereocenters. The number of hydrogen-bond acceptors (Lipinski definition) is 2. The maximum atomic E-state index is 11.7. The molecule has 2 aromatic rings. The van der Waals surface area contributed by atoms with Gasteiger partial charge in [0, 0.05) is 18.4 Å². The van der Waals surface area contributed by atoms with E-state index < -0.39 is 0 Å². The number of aromatic nitrogens is 2. The summed E-state index contributed by atoms with van der Waals surface area (Å²) in [4.78, 5) is 16.1. The van der Waals surface area contributed by atoms with Crippen LogP contribution >= 0.6 is 0 Å². The van der Waals surface area contributed by atoms with Gasteiger partial charge < -0.3 is 9.72 Å². The molecule has 0 unspecified atom stereocenters. The Morgan fingerprint density at radius 1 is 1.53 bits per heavy atom. The Kier molecular flexibility index (Phi) is 3.42. The van der Waals surface area contributed by atoms with Crippen molar-refractivity contribution in [3.05, 3.63) is 36.3 Å². The lowest BCUT2D eigenvalue weighted by molar-refractivity contribution is -0.121. The lowest BCUT2D eigenvalue weighted by Crippen LogP contribution is -2.33. The van der Waals surface area contributed by atoms with Crippen molar-refractivity contribution in [3.8, 4) is 0 Å². The zero-order chi connectivity index (χ0) is 12.3. The van der Waals surface area contributed by atoms with Crippen LogP contribution in [0.4, 0.5) is 0 Å². The van der Waals surface area contributed by atoms with E-state index in [0.29, 0.717) is 6.42 Å². The predicted molar refractivity (Wildman–Crippen MR) is 66.8 cm³/mol. The second-order valence-corrected chi connectivity index (χ2v) is 4.25. The van der Waals surface area contributed by atoms with Crippen LogP contribution in [0.5, 0.6) is 0 Å². The molecule has 17 heavy (non-hydrogen) atoms. The number of amides is 1. The molecule has 0 spiro atoms. The van der Waals surface area contributed by atoms with Crippen LogP contribution in [0, 0.1) is 0 Å². The van der Waals surface area contributed by atoms with Gasteiger partial charge in [-0.3, -0.25) is 4.79 Å². The topological polar surface area (TPSA) is 46.4 Å². The second kappa shape index (κ2) is 4.99. The minimum Gasteiger partial charge on any atom is -0.353 e. The van der Waals surface area contributed by atoms with E-state index >= 15 is 0 Å². The fraction of sp³-hybridized carbons (Fsp3) is 0.385. The van der Waals surface area contributed by atoms with Crippen LogP contribution in [0.3, 0.4) is 0 Å². The van der Waals surface area contributed by atoms with E-state index in [1.807, 2.05) is 41.9 Å². The molecule has 0 aromatic carbocycles. The molecule has 0 saturated carbocycles. The third-order valence-electron chi connectivity index (χ3n) is 2.78. The number of pyridine rings is 1. The molecule has 4 nitrogen and oxygen atoms in total. The first kappa shape index (κ1) is 11.6. The molecule has 4 heteroatoms. The van der Waals surface area contributed by atoms with E-state index in [0.717, 1.165) is 17.8 Å². The van der Waals surface area contributed by atoms with Crippen molar-refractivity contribution in [2.75, 3.05) is 0 Å². The highest BCUT2D eigenvalue weighted by atomic mass is 16.1. The number of fused-ring (bicyclic) bond motifs is 1. The van der Waals surface area contributed by atoms with Gasteiger partial charge in [-0.15, -0.1) is 0 Å². The number of carbonyl (C=O) groups excluding carboxylic acids is 1. The summed E-state index contributed by atoms with van der Waals surface area (Å²) in [5.41, 5.74) is 1.68. The van der Waals surface area contributed by atoms with Crippen molar-refractivity contribution >= 4 is 11.6 Å². The zero-order valence-corrected chi connectivity index (χ0v) is 10.2. The van der Waals surface area contributed by atoms with Crippen molar-refractivity contribution < 1.29 is 4.79 Å². The van der Waals surface area contributed by atoms with E-state index in [9.17, 15) is 4.79 Å². The van der Waals surface area contributed by atoms with E-state index in [-0.39, 0.29) is 11.9 Å². The standard InChI is InChI=1S/C13H17N3O/c1-3-10(2)14-13(17)8-11-9-16-7-5-4-6-12(16)15-11/h4-7,9-10H,3,8H2,1-2H3,(H,14,17)/t10-/m1/s1. The fourth-order valence-electron chi connectivity index (χ4n) is 1.66. The van der Waals surface area contributed by atoms with E-state index in [1.54, 1.807) is 0 Å². The van der Waals surface area contributed by atoms with Crippen LogP contribution in [0.25, 0.3) is 5.65 Å². The van der Waals surface area contributed by atoms with Crippen LogP contribution in [-0.4, -0.2) is 21.3 Å². The van der Waals surface area contributed by atoms with Crippen molar-refractivity contribution in [1.82, 2.24) is 14.7 Å². The Bertz CT molecular complexity index is 485. The first-order valence-electron chi connectivity index (χ1n) is 5.91. The minimum absolute atomic E-state index is 0.0303. The Morgan fingerprint density at radius 2 is 2.35 bits per heavy atom. The number of carbonyl (C=O) groups is 1. The molecule has 0 fully saturated rings. The van der Waals surface area contributed by atoms with Crippen LogP contribution in [0.1, 0.15) is 26.0 Å². The molecule has 0 bridgehead atoms. The number of nitrogens with zero attached hydrogens (tertiary/aromatic N) is 2. The molecular weight excluding hydrogens is 214 g/mol. The maximum Gasteiger partial charge on any atom is 0.226 e. The summed E-state index contributed by atoms with van der Waals surface area (Å²) in [5.74, 6) is 0.0303. The summed E-state index contributed by atoms with van der Waals surface area (Å²) in [5, 5.41) is 2.93. The number of rotatable bonds is 4. The lowest BCUT2D eigenvalue weighted by atomic mass is 10.2. The molecule has 2 aromatic heterocycles. The Labute approximate surface area is 101 Å². The van der Waals surface area contributed by atoms with Gasteiger partial charge in [0.2, 0.25) is 5.91 Å². The zero-order valence-electron chi connectivity index (χ0n) is 10.2. The molecule has 1 N–H and O–H groups in total. The van der Waals surface area contributed by atoms with Crippen LogP contribution < -0.4 is 5.32 Å². The van der Waals surface area contributed by atoms with Gasteiger partial charge in [-0.1, -0.05) is 13.0 Å². The summed E-state index contributed by atoms with van der Waals surface area (Å²) in [7, 11) is 0. The Hall–Kier alpha value is -1.84. The van der Waals surface area contributed by atoms with Gasteiger partial charge in [-0.2, -0.15) is 0 Å². The van der Waals surface area contributed by atoms with E-state index in [1.165, 1.54) is 0 Å². The Balaban J connectivity index is 2.05. The highest BCUT2D eigenvalue weighted by molar-refractivity contribution is 5.78. The minimum atomic E-state index is 0.0303. The first-order chi connectivity index (χ1) is 8.19. The van der Waals surface area contributed by atoms with Crippen molar-refractivity contribution in [2.24, 2.45) is 0 Å². The second-order valence-electron chi connectivity index (χ2n) is 4.25. The monoisotopic (exact) mass is 231 g/mol. The molecule has 1 amide bonds. The summed E-state index contributed by atoms with van der Waals surface area (Å²) < 4.78 is 1.92. The predicted octanol–water partition coefficient (Wildman–Crippen LogP) is 1.79. The molecule has 0 aliphatic heterocycles. The summed E-state index contributed by atoms with van der Waals surface area (Å²) >= 11 is 0. The van der Waals surface area contributed by atoms with E-state index in [4.69, 9.17) is 0 Å². The quantitative estimate of drug-likeness (QED) is 0.872. The molecular formula is C13H17N3O. The van der Waals surface area contributed by atoms with Crippen molar-refractivity contribution in [3.63, 3.8) is 0 Å². The normalized spacial score (nSPS) is 12.6. The summed E-state index contributed by atoms with van der Waals surface area (Å²) in [6.45, 7) is 4.05. The molecule has 2 heterocycles.